The van der Waals surface area contributed by atoms with Gasteiger partial charge in [0, 0.05) is 19.1 Å². The summed E-state index contributed by atoms with van der Waals surface area (Å²) in [6, 6.07) is 23.3. The Kier molecular flexibility index (Phi) is 12.6. The van der Waals surface area contributed by atoms with Gasteiger partial charge in [-0.3, -0.25) is 9.59 Å². The summed E-state index contributed by atoms with van der Waals surface area (Å²) in [6.45, 7) is 8.63. The van der Waals surface area contributed by atoms with Crippen LogP contribution in [0, 0.1) is 19.8 Å². The highest BCUT2D eigenvalue weighted by Gasteiger charge is 2.35. The molecule has 0 aliphatic carbocycles. The highest BCUT2D eigenvalue weighted by atomic mass is 16.5. The maximum atomic E-state index is 13.8. The Morgan fingerprint density at radius 1 is 0.891 bits per heavy atom. The number of hydrogen-bond donors (Lipinski definition) is 4. The Morgan fingerprint density at radius 2 is 1.50 bits per heavy atom. The molecule has 1 heterocycles. The van der Waals surface area contributed by atoms with Crippen LogP contribution in [0.25, 0.3) is 0 Å². The van der Waals surface area contributed by atoms with Gasteiger partial charge in [-0.05, 0) is 67.7 Å². The van der Waals surface area contributed by atoms with Crippen LogP contribution in [0.15, 0.2) is 78.9 Å². The number of aliphatic hydroxyl groups excluding tert-OH is 1. The fourth-order valence-electron chi connectivity index (χ4n) is 6.12. The molecule has 9 nitrogen and oxygen atoms in total. The molecular weight excluding hydrogens is 580 g/mol. The molecule has 1 aliphatic rings. The molecule has 1 aliphatic heterocycles. The van der Waals surface area contributed by atoms with Crippen molar-refractivity contribution in [2.75, 3.05) is 19.7 Å². The highest BCUT2D eigenvalue weighted by Crippen LogP contribution is 2.22. The zero-order valence-corrected chi connectivity index (χ0v) is 27.4. The van der Waals surface area contributed by atoms with Crippen molar-refractivity contribution >= 4 is 17.8 Å². The Labute approximate surface area is 272 Å². The first-order valence-electron chi connectivity index (χ1n) is 16.2. The minimum atomic E-state index is -0.992. The Morgan fingerprint density at radius 3 is 2.09 bits per heavy atom. The molecule has 1 saturated heterocycles. The minimum Gasteiger partial charge on any atom is -0.483 e. The summed E-state index contributed by atoms with van der Waals surface area (Å²) in [6.07, 6.45) is 0.831. The van der Waals surface area contributed by atoms with E-state index < -0.39 is 24.2 Å². The van der Waals surface area contributed by atoms with E-state index in [-0.39, 0.29) is 36.8 Å². The molecule has 4 atom stereocenters. The van der Waals surface area contributed by atoms with Crippen LogP contribution < -0.4 is 20.7 Å². The van der Waals surface area contributed by atoms with E-state index in [0.717, 1.165) is 28.7 Å². The summed E-state index contributed by atoms with van der Waals surface area (Å²) >= 11 is 0. The molecule has 0 saturated carbocycles. The lowest BCUT2D eigenvalue weighted by Crippen LogP contribution is -2.59. The maximum absolute atomic E-state index is 13.8. The number of carbonyl (C=O) groups excluding carboxylic acids is 3. The fourth-order valence-corrected chi connectivity index (χ4v) is 6.12. The van der Waals surface area contributed by atoms with Crippen LogP contribution in [0.1, 0.15) is 48.9 Å². The summed E-state index contributed by atoms with van der Waals surface area (Å²) in [5.74, 6) is -0.0493. The van der Waals surface area contributed by atoms with Crippen LogP contribution in [0.5, 0.6) is 5.75 Å². The van der Waals surface area contributed by atoms with Gasteiger partial charge in [-0.25, -0.2) is 4.79 Å². The lowest BCUT2D eigenvalue weighted by atomic mass is 9.92. The number of ether oxygens (including phenoxy) is 1. The van der Waals surface area contributed by atoms with Crippen LogP contribution in [0.4, 0.5) is 4.79 Å². The summed E-state index contributed by atoms with van der Waals surface area (Å²) in [5, 5.41) is 20.7. The molecule has 0 bridgehead atoms. The lowest BCUT2D eigenvalue weighted by molar-refractivity contribution is -0.128. The molecule has 1 fully saturated rings. The molecule has 246 valence electrons. The predicted molar refractivity (Wildman–Crippen MR) is 180 cm³/mol. The third-order valence-electron chi connectivity index (χ3n) is 8.41. The number of amides is 4. The van der Waals surface area contributed by atoms with E-state index in [1.807, 2.05) is 107 Å². The van der Waals surface area contributed by atoms with Gasteiger partial charge in [-0.2, -0.15) is 0 Å². The summed E-state index contributed by atoms with van der Waals surface area (Å²) in [4.78, 5) is 41.3. The molecule has 9 heteroatoms. The first kappa shape index (κ1) is 34.5. The maximum Gasteiger partial charge on any atom is 0.318 e. The second kappa shape index (κ2) is 16.8. The average Bonchev–Trinajstić information content (AvgIpc) is 3.02. The Balaban J connectivity index is 1.52. The molecule has 0 aromatic heterocycles. The quantitative estimate of drug-likeness (QED) is 0.200. The number of para-hydroxylation sites is 1. The number of nitrogens with one attached hydrogen (secondary N) is 3. The van der Waals surface area contributed by atoms with Gasteiger partial charge in [-0.15, -0.1) is 0 Å². The SMILES string of the molecule is Cc1cccc(C)c1OCC(=O)N[C@@H](Cc1ccccc1)[C@H](O)C[C@@H](Cc1ccccc1)NC(=O)[C@H](C(C)C)N1CCCNC1=O. The summed E-state index contributed by atoms with van der Waals surface area (Å²) in [7, 11) is 0. The number of nitrogens with zero attached hydrogens (tertiary/aromatic N) is 1. The monoisotopic (exact) mass is 628 g/mol. The van der Waals surface area contributed by atoms with E-state index in [9.17, 15) is 19.5 Å². The largest absolute Gasteiger partial charge is 0.483 e. The van der Waals surface area contributed by atoms with Crippen LogP contribution in [0.3, 0.4) is 0 Å². The second-order valence-corrected chi connectivity index (χ2v) is 12.5. The van der Waals surface area contributed by atoms with Gasteiger partial charge in [0.1, 0.15) is 11.8 Å². The Hall–Kier alpha value is -4.37. The van der Waals surface area contributed by atoms with Crippen molar-refractivity contribution in [2.45, 2.75) is 77.6 Å². The van der Waals surface area contributed by atoms with Crippen LogP contribution in [0.2, 0.25) is 0 Å². The Bertz CT molecular complexity index is 1410. The third kappa shape index (κ3) is 9.81. The van der Waals surface area contributed by atoms with E-state index >= 15 is 0 Å². The molecule has 0 spiro atoms. The molecule has 4 amide bonds. The van der Waals surface area contributed by atoms with Crippen LogP contribution >= 0.6 is 0 Å². The van der Waals surface area contributed by atoms with Crippen molar-refractivity contribution in [3.63, 3.8) is 0 Å². The number of benzene rings is 3. The number of aryl methyl sites for hydroxylation is 2. The van der Waals surface area contributed by atoms with E-state index in [4.69, 9.17) is 4.74 Å². The molecule has 0 radical (unpaired) electrons. The smallest absolute Gasteiger partial charge is 0.318 e. The zero-order chi connectivity index (χ0) is 33.1. The van der Waals surface area contributed by atoms with Crippen LogP contribution in [-0.4, -0.2) is 71.8 Å². The average molecular weight is 629 g/mol. The number of hydrogen-bond acceptors (Lipinski definition) is 5. The summed E-state index contributed by atoms with van der Waals surface area (Å²) in [5.41, 5.74) is 3.84. The molecular formula is C37H48N4O5. The van der Waals surface area contributed by atoms with Gasteiger partial charge in [0.25, 0.3) is 5.91 Å². The van der Waals surface area contributed by atoms with E-state index in [2.05, 4.69) is 16.0 Å². The van der Waals surface area contributed by atoms with Gasteiger partial charge in [0.15, 0.2) is 6.61 Å². The normalized spacial score (nSPS) is 15.8. The van der Waals surface area contributed by atoms with Gasteiger partial charge < -0.3 is 30.7 Å². The first-order valence-corrected chi connectivity index (χ1v) is 16.2. The van der Waals surface area contributed by atoms with E-state index in [0.29, 0.717) is 31.7 Å². The van der Waals surface area contributed by atoms with E-state index in [1.165, 1.54) is 0 Å². The van der Waals surface area contributed by atoms with Gasteiger partial charge in [-0.1, -0.05) is 92.7 Å². The molecule has 4 rings (SSSR count). The predicted octanol–water partition coefficient (Wildman–Crippen LogP) is 4.33. The number of aliphatic hydroxyl groups is 1. The van der Waals surface area contributed by atoms with Crippen molar-refractivity contribution in [3.05, 3.63) is 101 Å². The first-order chi connectivity index (χ1) is 22.1. The molecule has 3 aromatic carbocycles. The third-order valence-corrected chi connectivity index (χ3v) is 8.41. The van der Waals surface area contributed by atoms with E-state index in [1.54, 1.807) is 4.90 Å². The lowest BCUT2D eigenvalue weighted by Gasteiger charge is -2.37. The van der Waals surface area contributed by atoms with Crippen molar-refractivity contribution in [1.82, 2.24) is 20.9 Å². The molecule has 46 heavy (non-hydrogen) atoms. The molecule has 3 aromatic rings. The number of urea groups is 1. The van der Waals surface area contributed by atoms with Crippen molar-refractivity contribution in [3.8, 4) is 5.75 Å². The topological polar surface area (TPSA) is 120 Å². The minimum absolute atomic E-state index is 0.117. The van der Waals surface area contributed by atoms with Gasteiger partial charge in [0.2, 0.25) is 5.91 Å². The second-order valence-electron chi connectivity index (χ2n) is 12.5. The fraction of sp³-hybridized carbons (Fsp3) is 0.432. The summed E-state index contributed by atoms with van der Waals surface area (Å²) < 4.78 is 5.90. The van der Waals surface area contributed by atoms with Crippen molar-refractivity contribution in [2.24, 2.45) is 5.92 Å². The standard InChI is InChI=1S/C37H48N4O5/c1-25(2)34(41-20-12-19-38-37(41)45)36(44)39-30(21-28-15-7-5-8-16-28)23-32(42)31(22-29-17-9-6-10-18-29)40-33(43)24-46-35-26(3)13-11-14-27(35)4/h5-11,13-18,25,30-32,34,42H,12,19-24H2,1-4H3,(H,38,45)(H,39,44)(H,40,43)/t30-,31+,32-,34+/m1/s1. The number of rotatable bonds is 15. The van der Waals surface area contributed by atoms with Crippen LogP contribution in [-0.2, 0) is 22.4 Å². The number of carbonyl (C=O) groups is 3. The molecule has 4 N–H and O–H groups in total. The van der Waals surface area contributed by atoms with Crippen molar-refractivity contribution < 1.29 is 24.2 Å². The molecule has 0 unspecified atom stereocenters. The highest BCUT2D eigenvalue weighted by molar-refractivity contribution is 5.87. The van der Waals surface area contributed by atoms with Gasteiger partial charge in [0.05, 0.1) is 12.1 Å². The van der Waals surface area contributed by atoms with Crippen molar-refractivity contribution in [1.29, 1.82) is 0 Å². The van der Waals surface area contributed by atoms with Gasteiger partial charge >= 0.3 is 6.03 Å². The zero-order valence-electron chi connectivity index (χ0n) is 27.4.